The van der Waals surface area contributed by atoms with Crippen LogP contribution in [0.2, 0.25) is 0 Å². The van der Waals surface area contributed by atoms with Crippen LogP contribution < -0.4 is 5.32 Å². The Labute approximate surface area is 89.7 Å². The first-order valence-corrected chi connectivity index (χ1v) is 5.50. The monoisotopic (exact) mass is 198 g/mol. The maximum absolute atomic E-state index is 4.27. The molecule has 1 N–H and O–H groups in total. The molecule has 1 aromatic rings. The van der Waals surface area contributed by atoms with Gasteiger partial charge >= 0.3 is 0 Å². The first kappa shape index (κ1) is 8.90. The number of fused-ring (bicyclic) bond motifs is 1. The number of aliphatic imine (C=N–C) groups is 1. The van der Waals surface area contributed by atoms with E-state index in [1.807, 2.05) is 0 Å². The average Bonchev–Trinajstić information content (AvgIpc) is 3.01. The minimum absolute atomic E-state index is 0.765. The second-order valence-electron chi connectivity index (χ2n) is 4.36. The second-order valence-corrected chi connectivity index (χ2v) is 4.36. The van der Waals surface area contributed by atoms with Gasteiger partial charge in [0.25, 0.3) is 0 Å². The van der Waals surface area contributed by atoms with Crippen molar-refractivity contribution in [3.8, 4) is 0 Å². The van der Waals surface area contributed by atoms with Gasteiger partial charge in [-0.3, -0.25) is 0 Å². The molecule has 2 aliphatic rings. The predicted molar refractivity (Wildman–Crippen MR) is 62.5 cm³/mol. The zero-order chi connectivity index (χ0) is 10.3. The summed E-state index contributed by atoms with van der Waals surface area (Å²) in [6, 6.07) is 7.26. The Morgan fingerprint density at radius 2 is 2.33 bits per heavy atom. The van der Waals surface area contributed by atoms with Gasteiger partial charge in [0.15, 0.2) is 0 Å². The summed E-state index contributed by atoms with van der Waals surface area (Å²) in [5.74, 6) is 3.01. The fraction of sp³-hybridized carbons (Fsp3) is 0.385. The fourth-order valence-corrected chi connectivity index (χ4v) is 1.85. The van der Waals surface area contributed by atoms with E-state index in [1.54, 1.807) is 0 Å². The first-order chi connectivity index (χ1) is 7.33. The molecule has 0 saturated heterocycles. The molecule has 15 heavy (non-hydrogen) atoms. The maximum atomic E-state index is 4.27. The van der Waals surface area contributed by atoms with Crippen LogP contribution in [0.15, 0.2) is 23.2 Å². The Bertz CT molecular complexity index is 463. The highest BCUT2D eigenvalue weighted by atomic mass is 14.9. The summed E-state index contributed by atoms with van der Waals surface area (Å²) >= 11 is 0. The molecular weight excluding hydrogens is 184 g/mol. The average molecular weight is 198 g/mol. The van der Waals surface area contributed by atoms with E-state index < -0.39 is 0 Å². The molecule has 0 spiro atoms. The molecule has 3 rings (SSSR count). The Balaban J connectivity index is 1.78. The molecule has 1 heterocycles. The van der Waals surface area contributed by atoms with E-state index in [0.29, 0.717) is 0 Å². The highest BCUT2D eigenvalue weighted by Crippen LogP contribution is 2.30. The quantitative estimate of drug-likeness (QED) is 0.793. The third-order valence-corrected chi connectivity index (χ3v) is 2.98. The number of allylic oxidation sites excluding steroid dienone is 1. The van der Waals surface area contributed by atoms with Gasteiger partial charge in [-0.2, -0.15) is 0 Å². The van der Waals surface area contributed by atoms with Crippen molar-refractivity contribution < 1.29 is 0 Å². The molecular formula is C13H14N2. The highest BCUT2D eigenvalue weighted by molar-refractivity contribution is 5.98. The normalized spacial score (nSPS) is 17.8. The zero-order valence-corrected chi connectivity index (χ0v) is 8.88. The van der Waals surface area contributed by atoms with Crippen LogP contribution in [0.25, 0.3) is 5.57 Å². The summed E-state index contributed by atoms with van der Waals surface area (Å²) in [5.41, 5.74) is 4.76. The molecule has 2 heteroatoms. The van der Waals surface area contributed by atoms with Crippen LogP contribution in [0.5, 0.6) is 0 Å². The molecule has 0 unspecified atom stereocenters. The largest absolute Gasteiger partial charge is 0.310 e. The molecule has 0 aromatic heterocycles. The van der Waals surface area contributed by atoms with Crippen LogP contribution in [0.3, 0.4) is 0 Å². The maximum Gasteiger partial charge on any atom is 0.0814 e. The van der Waals surface area contributed by atoms with E-state index in [2.05, 4.69) is 41.3 Å². The number of nitrogens with one attached hydrogen (secondary N) is 1. The van der Waals surface area contributed by atoms with Crippen LogP contribution in [-0.2, 0) is 6.54 Å². The standard InChI is InChI=1S/C13H14N2/c1-9-7-15-13-6-10(2-5-12(9)13)8-14-11-3-4-11/h2,5-6,11,14H,3-4,8H2,1H3. The lowest BCUT2D eigenvalue weighted by Crippen LogP contribution is -2.15. The van der Waals surface area contributed by atoms with Crippen LogP contribution in [0.1, 0.15) is 30.9 Å². The van der Waals surface area contributed by atoms with E-state index in [1.165, 1.54) is 24.0 Å². The summed E-state index contributed by atoms with van der Waals surface area (Å²) in [4.78, 5) is 4.27. The predicted octanol–water partition coefficient (Wildman–Crippen LogP) is 2.66. The number of nitrogens with zero attached hydrogens (tertiary/aromatic N) is 1. The fourth-order valence-electron chi connectivity index (χ4n) is 1.85. The summed E-state index contributed by atoms with van der Waals surface area (Å²) in [7, 11) is 0. The van der Waals surface area contributed by atoms with Crippen molar-refractivity contribution >= 4 is 17.1 Å². The number of benzene rings is 1. The van der Waals surface area contributed by atoms with E-state index in [-0.39, 0.29) is 0 Å². The van der Waals surface area contributed by atoms with Crippen LogP contribution in [-0.4, -0.2) is 11.9 Å². The smallest absolute Gasteiger partial charge is 0.0814 e. The minimum Gasteiger partial charge on any atom is -0.310 e. The van der Waals surface area contributed by atoms with Gasteiger partial charge in [-0.25, -0.2) is 4.99 Å². The third kappa shape index (κ3) is 1.74. The van der Waals surface area contributed by atoms with Crippen molar-refractivity contribution in [1.29, 1.82) is 0 Å². The molecule has 1 aromatic carbocycles. The molecule has 76 valence electrons. The van der Waals surface area contributed by atoms with Crippen molar-refractivity contribution in [2.24, 2.45) is 4.99 Å². The number of hydrogen-bond donors (Lipinski definition) is 1. The van der Waals surface area contributed by atoms with Gasteiger partial charge in [0.05, 0.1) is 5.69 Å². The van der Waals surface area contributed by atoms with E-state index in [9.17, 15) is 0 Å². The zero-order valence-electron chi connectivity index (χ0n) is 8.88. The highest BCUT2D eigenvalue weighted by Gasteiger charge is 2.20. The van der Waals surface area contributed by atoms with Crippen molar-refractivity contribution in [1.82, 2.24) is 5.32 Å². The Morgan fingerprint density at radius 1 is 1.47 bits per heavy atom. The van der Waals surface area contributed by atoms with Gasteiger partial charge in [0, 0.05) is 23.7 Å². The first-order valence-electron chi connectivity index (χ1n) is 5.50. The lowest BCUT2D eigenvalue weighted by molar-refractivity contribution is 0.688. The topological polar surface area (TPSA) is 24.4 Å². The van der Waals surface area contributed by atoms with Gasteiger partial charge in [0.2, 0.25) is 0 Å². The van der Waals surface area contributed by atoms with Gasteiger partial charge in [-0.1, -0.05) is 12.1 Å². The Morgan fingerprint density at radius 3 is 3.13 bits per heavy atom. The Kier molecular flexibility index (Phi) is 1.98. The number of rotatable bonds is 3. The van der Waals surface area contributed by atoms with Crippen molar-refractivity contribution in [3.05, 3.63) is 29.3 Å². The second kappa shape index (κ2) is 3.34. The van der Waals surface area contributed by atoms with Crippen molar-refractivity contribution in [2.75, 3.05) is 0 Å². The van der Waals surface area contributed by atoms with E-state index in [0.717, 1.165) is 23.8 Å². The summed E-state index contributed by atoms with van der Waals surface area (Å²) in [6.07, 6.45) is 2.67. The van der Waals surface area contributed by atoms with Crippen LogP contribution >= 0.6 is 0 Å². The summed E-state index contributed by atoms with van der Waals surface area (Å²) < 4.78 is 0. The molecule has 2 nitrogen and oxygen atoms in total. The summed E-state index contributed by atoms with van der Waals surface area (Å²) in [6.45, 7) is 3.02. The Hall–Kier alpha value is -1.37. The SMILES string of the molecule is CC1=C=Nc2cc(CNC3CC3)ccc21. The van der Waals surface area contributed by atoms with Crippen molar-refractivity contribution in [3.63, 3.8) is 0 Å². The minimum atomic E-state index is 0.765. The van der Waals surface area contributed by atoms with Crippen LogP contribution in [0, 0.1) is 0 Å². The molecule has 1 aliphatic carbocycles. The molecule has 1 aliphatic heterocycles. The van der Waals surface area contributed by atoms with Crippen molar-refractivity contribution in [2.45, 2.75) is 32.4 Å². The van der Waals surface area contributed by atoms with Gasteiger partial charge in [0.1, 0.15) is 0 Å². The summed E-state index contributed by atoms with van der Waals surface area (Å²) in [5, 5.41) is 3.51. The van der Waals surface area contributed by atoms with Gasteiger partial charge < -0.3 is 5.32 Å². The van der Waals surface area contributed by atoms with E-state index >= 15 is 0 Å². The molecule has 1 saturated carbocycles. The van der Waals surface area contributed by atoms with E-state index in [4.69, 9.17) is 0 Å². The van der Waals surface area contributed by atoms with Crippen LogP contribution in [0.4, 0.5) is 5.69 Å². The molecule has 0 atom stereocenters. The lowest BCUT2D eigenvalue weighted by atomic mass is 10.1. The molecule has 1 fully saturated rings. The van der Waals surface area contributed by atoms with Gasteiger partial charge in [-0.05, 0) is 37.3 Å². The molecule has 0 bridgehead atoms. The molecule has 0 amide bonds. The third-order valence-electron chi connectivity index (χ3n) is 2.98. The molecule has 0 radical (unpaired) electrons. The number of hydrogen-bond acceptors (Lipinski definition) is 2. The van der Waals surface area contributed by atoms with Gasteiger partial charge in [-0.15, -0.1) is 0 Å². The lowest BCUT2D eigenvalue weighted by Gasteiger charge is -2.05.